The second kappa shape index (κ2) is 8.65. The number of terminal acetylenes is 1. The van der Waals surface area contributed by atoms with Crippen LogP contribution in [0.1, 0.15) is 72.1 Å². The first-order chi connectivity index (χ1) is 7.48. The summed E-state index contributed by atoms with van der Waals surface area (Å²) in [5.74, 6) is 3.07. The van der Waals surface area contributed by atoms with Crippen molar-refractivity contribution in [1.29, 1.82) is 0 Å². The van der Waals surface area contributed by atoms with Gasteiger partial charge in [-0.05, 0) is 32.6 Å². The monoisotopic (exact) mass is 224 g/mol. The molecule has 0 heterocycles. The molecule has 1 unspecified atom stereocenters. The molecular formula is C15H28O. The standard InChI is InChI=1S/C15H28O/c1-5-6-7-8-9-10-11-12-13-14(2)15(3,4)16/h1,14,16H,6-13H2,2-4H3. The van der Waals surface area contributed by atoms with E-state index < -0.39 is 5.60 Å². The average Bonchev–Trinajstić information content (AvgIpc) is 2.20. The number of hydrogen-bond acceptors (Lipinski definition) is 1. The summed E-state index contributed by atoms with van der Waals surface area (Å²) in [4.78, 5) is 0. The van der Waals surface area contributed by atoms with E-state index in [2.05, 4.69) is 12.8 Å². The van der Waals surface area contributed by atoms with Crippen molar-refractivity contribution in [2.45, 2.75) is 77.7 Å². The highest BCUT2D eigenvalue weighted by atomic mass is 16.3. The van der Waals surface area contributed by atoms with Crippen molar-refractivity contribution in [3.8, 4) is 12.3 Å². The molecule has 1 nitrogen and oxygen atoms in total. The normalized spacial score (nSPS) is 13.4. The SMILES string of the molecule is C#CCCCCCCCCC(C)C(C)(C)O. The minimum absolute atomic E-state index is 0.397. The summed E-state index contributed by atoms with van der Waals surface area (Å²) in [7, 11) is 0. The summed E-state index contributed by atoms with van der Waals surface area (Å²) in [5.41, 5.74) is -0.521. The first-order valence-electron chi connectivity index (χ1n) is 6.64. The van der Waals surface area contributed by atoms with Gasteiger partial charge in [0.15, 0.2) is 0 Å². The van der Waals surface area contributed by atoms with Gasteiger partial charge in [-0.2, -0.15) is 0 Å². The van der Waals surface area contributed by atoms with E-state index in [0.717, 1.165) is 12.8 Å². The third-order valence-corrected chi connectivity index (χ3v) is 3.41. The second-order valence-electron chi connectivity index (χ2n) is 5.42. The number of unbranched alkanes of at least 4 members (excludes halogenated alkanes) is 6. The first kappa shape index (κ1) is 15.5. The van der Waals surface area contributed by atoms with Crippen LogP contribution in [-0.2, 0) is 0 Å². The molecule has 1 heteroatoms. The summed E-state index contributed by atoms with van der Waals surface area (Å²) in [6, 6.07) is 0. The van der Waals surface area contributed by atoms with Crippen LogP contribution in [0.15, 0.2) is 0 Å². The van der Waals surface area contributed by atoms with E-state index in [-0.39, 0.29) is 0 Å². The smallest absolute Gasteiger partial charge is 0.0617 e. The lowest BCUT2D eigenvalue weighted by atomic mass is 9.88. The van der Waals surface area contributed by atoms with Crippen molar-refractivity contribution >= 4 is 0 Å². The maximum Gasteiger partial charge on any atom is 0.0617 e. The maximum absolute atomic E-state index is 9.77. The highest BCUT2D eigenvalue weighted by Crippen LogP contribution is 2.22. The Labute approximate surface area is 102 Å². The van der Waals surface area contributed by atoms with Crippen LogP contribution in [0.2, 0.25) is 0 Å². The Balaban J connectivity index is 3.25. The van der Waals surface area contributed by atoms with Crippen molar-refractivity contribution in [2.24, 2.45) is 5.92 Å². The van der Waals surface area contributed by atoms with Crippen LogP contribution in [0.5, 0.6) is 0 Å². The Morgan fingerprint density at radius 2 is 1.56 bits per heavy atom. The van der Waals surface area contributed by atoms with E-state index in [1.54, 1.807) is 0 Å². The lowest BCUT2D eigenvalue weighted by Crippen LogP contribution is -2.28. The predicted molar refractivity (Wildman–Crippen MR) is 71.2 cm³/mol. The van der Waals surface area contributed by atoms with E-state index in [1.165, 1.54) is 38.5 Å². The van der Waals surface area contributed by atoms with Crippen molar-refractivity contribution < 1.29 is 5.11 Å². The van der Waals surface area contributed by atoms with Gasteiger partial charge in [0.25, 0.3) is 0 Å². The number of aliphatic hydroxyl groups is 1. The lowest BCUT2D eigenvalue weighted by molar-refractivity contribution is 0.0203. The van der Waals surface area contributed by atoms with Crippen LogP contribution in [0.25, 0.3) is 0 Å². The molecule has 0 aromatic rings. The summed E-state index contributed by atoms with van der Waals surface area (Å²) in [6.45, 7) is 5.93. The van der Waals surface area contributed by atoms with Gasteiger partial charge >= 0.3 is 0 Å². The molecule has 0 radical (unpaired) electrons. The molecule has 0 saturated carbocycles. The highest BCUT2D eigenvalue weighted by molar-refractivity contribution is 4.82. The van der Waals surface area contributed by atoms with Crippen LogP contribution in [0.3, 0.4) is 0 Å². The van der Waals surface area contributed by atoms with Gasteiger partial charge in [0.1, 0.15) is 0 Å². The summed E-state index contributed by atoms with van der Waals surface area (Å²) < 4.78 is 0. The summed E-state index contributed by atoms with van der Waals surface area (Å²) >= 11 is 0. The molecule has 1 N–H and O–H groups in total. The Bertz CT molecular complexity index is 194. The summed E-state index contributed by atoms with van der Waals surface area (Å²) in [6.07, 6.45) is 14.8. The molecule has 0 spiro atoms. The molecule has 0 aromatic heterocycles. The molecule has 0 aliphatic rings. The van der Waals surface area contributed by atoms with Crippen molar-refractivity contribution in [1.82, 2.24) is 0 Å². The Morgan fingerprint density at radius 1 is 1.06 bits per heavy atom. The van der Waals surface area contributed by atoms with Crippen LogP contribution in [0, 0.1) is 18.3 Å². The molecule has 94 valence electrons. The van der Waals surface area contributed by atoms with Gasteiger partial charge in [0, 0.05) is 6.42 Å². The molecule has 0 aromatic carbocycles. The minimum Gasteiger partial charge on any atom is -0.390 e. The molecule has 0 aliphatic heterocycles. The average molecular weight is 224 g/mol. The lowest BCUT2D eigenvalue weighted by Gasteiger charge is -2.25. The molecule has 0 amide bonds. The summed E-state index contributed by atoms with van der Waals surface area (Å²) in [5, 5.41) is 9.77. The van der Waals surface area contributed by atoms with Gasteiger partial charge < -0.3 is 5.11 Å². The maximum atomic E-state index is 9.77. The van der Waals surface area contributed by atoms with E-state index in [0.29, 0.717) is 5.92 Å². The topological polar surface area (TPSA) is 20.2 Å². The highest BCUT2D eigenvalue weighted by Gasteiger charge is 2.21. The van der Waals surface area contributed by atoms with Gasteiger partial charge in [-0.15, -0.1) is 12.3 Å². The predicted octanol–water partition coefficient (Wildman–Crippen LogP) is 4.15. The Morgan fingerprint density at radius 3 is 2.06 bits per heavy atom. The Hall–Kier alpha value is -0.480. The number of hydrogen-bond donors (Lipinski definition) is 1. The molecule has 0 saturated heterocycles. The third-order valence-electron chi connectivity index (χ3n) is 3.41. The molecular weight excluding hydrogens is 196 g/mol. The molecule has 0 rings (SSSR count). The van der Waals surface area contributed by atoms with Crippen molar-refractivity contribution in [2.75, 3.05) is 0 Å². The van der Waals surface area contributed by atoms with E-state index in [1.807, 2.05) is 13.8 Å². The van der Waals surface area contributed by atoms with E-state index >= 15 is 0 Å². The fourth-order valence-corrected chi connectivity index (χ4v) is 1.74. The third kappa shape index (κ3) is 8.80. The van der Waals surface area contributed by atoms with E-state index in [4.69, 9.17) is 6.42 Å². The zero-order valence-corrected chi connectivity index (χ0v) is 11.3. The van der Waals surface area contributed by atoms with Crippen LogP contribution in [-0.4, -0.2) is 10.7 Å². The van der Waals surface area contributed by atoms with Crippen LogP contribution < -0.4 is 0 Å². The minimum atomic E-state index is -0.521. The fourth-order valence-electron chi connectivity index (χ4n) is 1.74. The van der Waals surface area contributed by atoms with Crippen LogP contribution >= 0.6 is 0 Å². The van der Waals surface area contributed by atoms with Gasteiger partial charge in [0.05, 0.1) is 5.60 Å². The van der Waals surface area contributed by atoms with Crippen molar-refractivity contribution in [3.63, 3.8) is 0 Å². The largest absolute Gasteiger partial charge is 0.390 e. The fraction of sp³-hybridized carbons (Fsp3) is 0.867. The molecule has 16 heavy (non-hydrogen) atoms. The zero-order valence-electron chi connectivity index (χ0n) is 11.3. The van der Waals surface area contributed by atoms with Gasteiger partial charge in [0.2, 0.25) is 0 Å². The van der Waals surface area contributed by atoms with Crippen LogP contribution in [0.4, 0.5) is 0 Å². The Kier molecular flexibility index (Phi) is 8.39. The van der Waals surface area contributed by atoms with Gasteiger partial charge in [-0.25, -0.2) is 0 Å². The van der Waals surface area contributed by atoms with Gasteiger partial charge in [-0.1, -0.05) is 39.0 Å². The van der Waals surface area contributed by atoms with Gasteiger partial charge in [-0.3, -0.25) is 0 Å². The van der Waals surface area contributed by atoms with E-state index in [9.17, 15) is 5.11 Å². The molecule has 0 fully saturated rings. The molecule has 0 aliphatic carbocycles. The zero-order chi connectivity index (χ0) is 12.4. The van der Waals surface area contributed by atoms with Crippen molar-refractivity contribution in [3.05, 3.63) is 0 Å². The second-order valence-corrected chi connectivity index (χ2v) is 5.42. The molecule has 1 atom stereocenters. The first-order valence-corrected chi connectivity index (χ1v) is 6.64. The molecule has 0 bridgehead atoms. The quantitative estimate of drug-likeness (QED) is 0.461. The number of rotatable bonds is 9.